The summed E-state index contributed by atoms with van der Waals surface area (Å²) in [5, 5.41) is 21.0. The summed E-state index contributed by atoms with van der Waals surface area (Å²) in [6, 6.07) is 16.3. The molecular weight excluding hydrogens is 460 g/mol. The maximum atomic E-state index is 12.8. The lowest BCUT2D eigenvalue weighted by molar-refractivity contribution is 0.0629. The number of nitrogens with zero attached hydrogens (tertiary/aromatic N) is 3. The minimum absolute atomic E-state index is 0.0312. The van der Waals surface area contributed by atoms with Gasteiger partial charge >= 0.3 is 6.09 Å². The fourth-order valence-electron chi connectivity index (χ4n) is 3.65. The second-order valence-electron chi connectivity index (χ2n) is 7.36. The van der Waals surface area contributed by atoms with Crippen LogP contribution in [-0.2, 0) is 0 Å². The van der Waals surface area contributed by atoms with E-state index in [4.69, 9.17) is 21.4 Å². The quantitative estimate of drug-likeness (QED) is 0.479. The number of aromatic nitrogens is 1. The molecule has 0 radical (unpaired) electrons. The van der Waals surface area contributed by atoms with Crippen LogP contribution in [0.1, 0.15) is 44.4 Å². The number of benzene rings is 2. The number of rotatable bonds is 7. The first kappa shape index (κ1) is 22.8. The third kappa shape index (κ3) is 4.67. The Labute approximate surface area is 199 Å². The number of hydrogen-bond donors (Lipinski definition) is 2. The Kier molecular flexibility index (Phi) is 6.43. The molecule has 3 aromatic rings. The van der Waals surface area contributed by atoms with Gasteiger partial charge in [0.25, 0.3) is 11.8 Å². The highest BCUT2D eigenvalue weighted by Crippen LogP contribution is 2.32. The molecule has 0 spiro atoms. The first-order valence-corrected chi connectivity index (χ1v) is 10.5. The number of halogens is 1. The van der Waals surface area contributed by atoms with Gasteiger partial charge in [-0.3, -0.25) is 19.8 Å². The molecule has 1 unspecified atom stereocenters. The third-order valence-corrected chi connectivity index (χ3v) is 5.45. The molecule has 3 amide bonds. The van der Waals surface area contributed by atoms with Crippen LogP contribution in [0.3, 0.4) is 0 Å². The first-order valence-electron chi connectivity index (χ1n) is 10.1. The number of ether oxygens (including phenoxy) is 1. The Morgan fingerprint density at radius 3 is 2.50 bits per heavy atom. The zero-order valence-electron chi connectivity index (χ0n) is 17.6. The molecule has 1 atom stereocenters. The van der Waals surface area contributed by atoms with Crippen LogP contribution in [0.4, 0.5) is 10.6 Å². The van der Waals surface area contributed by atoms with Gasteiger partial charge < -0.3 is 9.84 Å². The van der Waals surface area contributed by atoms with Crippen molar-refractivity contribution in [1.29, 1.82) is 5.26 Å². The lowest BCUT2D eigenvalue weighted by Crippen LogP contribution is -2.32. The number of amides is 3. The molecule has 2 heterocycles. The van der Waals surface area contributed by atoms with Gasteiger partial charge in [0, 0.05) is 30.3 Å². The van der Waals surface area contributed by atoms with E-state index in [9.17, 15) is 19.6 Å². The van der Waals surface area contributed by atoms with Crippen molar-refractivity contribution in [2.24, 2.45) is 0 Å². The van der Waals surface area contributed by atoms with E-state index in [1.165, 1.54) is 24.4 Å². The third-order valence-electron chi connectivity index (χ3n) is 5.22. The van der Waals surface area contributed by atoms with Crippen LogP contribution in [0.5, 0.6) is 5.75 Å². The van der Waals surface area contributed by atoms with Crippen LogP contribution in [0.2, 0.25) is 5.02 Å². The summed E-state index contributed by atoms with van der Waals surface area (Å²) in [5.74, 6) is -0.511. The van der Waals surface area contributed by atoms with Crippen molar-refractivity contribution in [2.45, 2.75) is 12.5 Å². The van der Waals surface area contributed by atoms with Gasteiger partial charge in [0.05, 0.1) is 16.7 Å². The van der Waals surface area contributed by atoms with E-state index in [0.29, 0.717) is 21.7 Å². The van der Waals surface area contributed by atoms with Crippen LogP contribution < -0.4 is 10.1 Å². The molecule has 1 aliphatic rings. The highest BCUT2D eigenvalue weighted by molar-refractivity contribution is 6.30. The Balaban J connectivity index is 1.63. The molecule has 1 aromatic heterocycles. The van der Waals surface area contributed by atoms with Crippen LogP contribution >= 0.6 is 11.6 Å². The standard InChI is InChI=1S/C24H17ClN4O5/c25-16-6-5-15(13-26)20(12-16)34-19(14-7-9-27-21(11-14)28-24(32)33)8-10-29-22(30)17-3-1-2-4-18(17)23(29)31/h1-7,9,11-12,19H,8,10H2,(H,27,28)(H,32,33). The van der Waals surface area contributed by atoms with E-state index >= 15 is 0 Å². The number of nitriles is 1. The van der Waals surface area contributed by atoms with Crippen LogP contribution in [0.15, 0.2) is 60.8 Å². The molecule has 10 heteroatoms. The van der Waals surface area contributed by atoms with Crippen molar-refractivity contribution in [3.63, 3.8) is 0 Å². The van der Waals surface area contributed by atoms with E-state index in [1.807, 2.05) is 6.07 Å². The van der Waals surface area contributed by atoms with Crippen molar-refractivity contribution in [2.75, 3.05) is 11.9 Å². The maximum Gasteiger partial charge on any atom is 0.410 e. The number of anilines is 1. The number of imide groups is 1. The zero-order chi connectivity index (χ0) is 24.2. The summed E-state index contributed by atoms with van der Waals surface area (Å²) >= 11 is 6.08. The zero-order valence-corrected chi connectivity index (χ0v) is 18.3. The van der Waals surface area contributed by atoms with Crippen LogP contribution in [0.25, 0.3) is 0 Å². The molecule has 1 aliphatic heterocycles. The lowest BCUT2D eigenvalue weighted by Gasteiger charge is -2.23. The maximum absolute atomic E-state index is 12.8. The average molecular weight is 477 g/mol. The first-order chi connectivity index (χ1) is 16.4. The number of hydrogen-bond acceptors (Lipinski definition) is 6. The summed E-state index contributed by atoms with van der Waals surface area (Å²) in [6.07, 6.45) is -0.469. The second-order valence-corrected chi connectivity index (χ2v) is 7.80. The largest absolute Gasteiger partial charge is 0.484 e. The minimum atomic E-state index is -1.28. The summed E-state index contributed by atoms with van der Waals surface area (Å²) in [4.78, 5) is 41.6. The van der Waals surface area contributed by atoms with Crippen LogP contribution in [-0.4, -0.2) is 39.4 Å². The van der Waals surface area contributed by atoms with Crippen molar-refractivity contribution >= 4 is 35.3 Å². The molecule has 0 fully saturated rings. The average Bonchev–Trinajstić information content (AvgIpc) is 3.06. The molecule has 4 rings (SSSR count). The van der Waals surface area contributed by atoms with Crippen molar-refractivity contribution < 1.29 is 24.2 Å². The number of carboxylic acid groups (broad SMARTS) is 1. The van der Waals surface area contributed by atoms with Gasteiger partial charge in [-0.2, -0.15) is 5.26 Å². The number of pyridine rings is 1. The van der Waals surface area contributed by atoms with Gasteiger partial charge in [0.2, 0.25) is 0 Å². The predicted molar refractivity (Wildman–Crippen MR) is 122 cm³/mol. The number of nitrogens with one attached hydrogen (secondary N) is 1. The van der Waals surface area contributed by atoms with E-state index in [2.05, 4.69) is 10.3 Å². The molecular formula is C24H17ClN4O5. The van der Waals surface area contributed by atoms with Crippen molar-refractivity contribution in [3.05, 3.63) is 88.1 Å². The fourth-order valence-corrected chi connectivity index (χ4v) is 3.81. The van der Waals surface area contributed by atoms with E-state index in [-0.39, 0.29) is 30.1 Å². The summed E-state index contributed by atoms with van der Waals surface area (Å²) < 4.78 is 6.11. The monoisotopic (exact) mass is 476 g/mol. The van der Waals surface area contributed by atoms with Crippen molar-refractivity contribution in [1.82, 2.24) is 9.88 Å². The lowest BCUT2D eigenvalue weighted by atomic mass is 10.1. The molecule has 0 saturated heterocycles. The second kappa shape index (κ2) is 9.60. The normalized spacial score (nSPS) is 13.2. The van der Waals surface area contributed by atoms with E-state index < -0.39 is 24.0 Å². The van der Waals surface area contributed by atoms with Gasteiger partial charge in [0.1, 0.15) is 23.7 Å². The molecule has 34 heavy (non-hydrogen) atoms. The fraction of sp³-hybridized carbons (Fsp3) is 0.125. The smallest absolute Gasteiger partial charge is 0.410 e. The Morgan fingerprint density at radius 1 is 1.15 bits per heavy atom. The highest BCUT2D eigenvalue weighted by atomic mass is 35.5. The predicted octanol–water partition coefficient (Wildman–Crippen LogP) is 4.50. The number of carbonyl (C=O) groups is 3. The SMILES string of the molecule is N#Cc1ccc(Cl)cc1OC(CCN1C(=O)c2ccccc2C1=O)c1ccnc(NC(=O)O)c1. The summed E-state index contributed by atoms with van der Waals surface area (Å²) in [5.41, 5.74) is 1.44. The van der Waals surface area contributed by atoms with Gasteiger partial charge in [-0.25, -0.2) is 9.78 Å². The van der Waals surface area contributed by atoms with E-state index in [0.717, 1.165) is 4.90 Å². The Morgan fingerprint density at radius 2 is 1.85 bits per heavy atom. The van der Waals surface area contributed by atoms with Gasteiger partial charge in [0.15, 0.2) is 0 Å². The van der Waals surface area contributed by atoms with E-state index in [1.54, 1.807) is 36.4 Å². The number of carbonyl (C=O) groups excluding carboxylic acids is 2. The molecule has 0 aliphatic carbocycles. The van der Waals surface area contributed by atoms with Crippen LogP contribution in [0, 0.1) is 11.3 Å². The molecule has 2 aromatic carbocycles. The Bertz CT molecular complexity index is 1300. The van der Waals surface area contributed by atoms with Gasteiger partial charge in [-0.15, -0.1) is 0 Å². The molecule has 0 saturated carbocycles. The topological polar surface area (TPSA) is 133 Å². The molecule has 9 nitrogen and oxygen atoms in total. The molecule has 170 valence electrons. The summed E-state index contributed by atoms with van der Waals surface area (Å²) in [6.45, 7) is 0.0312. The minimum Gasteiger partial charge on any atom is -0.484 e. The number of fused-ring (bicyclic) bond motifs is 1. The highest BCUT2D eigenvalue weighted by Gasteiger charge is 2.35. The van der Waals surface area contributed by atoms with Gasteiger partial charge in [-0.05, 0) is 42.0 Å². The van der Waals surface area contributed by atoms with Gasteiger partial charge in [-0.1, -0.05) is 23.7 Å². The van der Waals surface area contributed by atoms with Crippen molar-refractivity contribution in [3.8, 4) is 11.8 Å². The summed E-state index contributed by atoms with van der Waals surface area (Å²) in [7, 11) is 0. The molecule has 0 bridgehead atoms. The Hall–Kier alpha value is -4.42. The molecule has 2 N–H and O–H groups in total.